The lowest BCUT2D eigenvalue weighted by Gasteiger charge is -2.60. The summed E-state index contributed by atoms with van der Waals surface area (Å²) in [4.78, 5) is 0. The van der Waals surface area contributed by atoms with Gasteiger partial charge in [-0.3, -0.25) is 0 Å². The van der Waals surface area contributed by atoms with Crippen LogP contribution < -0.4 is 5.32 Å². The molecule has 0 aromatic heterocycles. The second-order valence-corrected chi connectivity index (χ2v) is 8.25. The summed E-state index contributed by atoms with van der Waals surface area (Å²) >= 11 is 0. The molecule has 0 aromatic rings. The standard InChI is InChI=1S/C19H33NO/c1-16(2)12-20-15-19(17-6-4-3-5-7-17)13-18(14-19)8-10-21-11-9-18/h6,16,20H,3-5,7-15H2,1-2H3. The molecule has 2 nitrogen and oxygen atoms in total. The van der Waals surface area contributed by atoms with E-state index in [1.54, 1.807) is 5.57 Å². The third kappa shape index (κ3) is 3.37. The highest BCUT2D eigenvalue weighted by molar-refractivity contribution is 5.25. The average Bonchev–Trinajstić information content (AvgIpc) is 2.47. The Morgan fingerprint density at radius 2 is 1.95 bits per heavy atom. The highest BCUT2D eigenvalue weighted by Gasteiger charge is 2.55. The van der Waals surface area contributed by atoms with Crippen LogP contribution in [0.1, 0.15) is 65.2 Å². The fourth-order valence-electron chi connectivity index (χ4n) is 4.93. The fourth-order valence-corrected chi connectivity index (χ4v) is 4.93. The lowest BCUT2D eigenvalue weighted by molar-refractivity contribution is -0.0931. The molecule has 1 heterocycles. The molecule has 1 saturated heterocycles. The molecule has 1 saturated carbocycles. The molecule has 2 fully saturated rings. The maximum Gasteiger partial charge on any atom is 0.0471 e. The molecular formula is C19H33NO. The summed E-state index contributed by atoms with van der Waals surface area (Å²) in [6.45, 7) is 8.97. The van der Waals surface area contributed by atoms with E-state index >= 15 is 0 Å². The first kappa shape index (κ1) is 15.6. The van der Waals surface area contributed by atoms with E-state index in [0.717, 1.165) is 25.7 Å². The molecule has 0 aromatic carbocycles. The highest BCUT2D eigenvalue weighted by Crippen LogP contribution is 2.63. The molecule has 2 aliphatic carbocycles. The molecule has 1 aliphatic heterocycles. The number of hydrogen-bond donors (Lipinski definition) is 1. The van der Waals surface area contributed by atoms with Gasteiger partial charge in [0.25, 0.3) is 0 Å². The normalized spacial score (nSPS) is 27.5. The Morgan fingerprint density at radius 3 is 2.57 bits per heavy atom. The Bertz CT molecular complexity index is 371. The number of rotatable bonds is 5. The summed E-state index contributed by atoms with van der Waals surface area (Å²) in [6.07, 6.45) is 13.5. The highest BCUT2D eigenvalue weighted by atomic mass is 16.5. The van der Waals surface area contributed by atoms with Gasteiger partial charge in [-0.15, -0.1) is 0 Å². The van der Waals surface area contributed by atoms with Gasteiger partial charge in [0.2, 0.25) is 0 Å². The number of allylic oxidation sites excluding steroid dienone is 1. The molecule has 0 radical (unpaired) electrons. The Morgan fingerprint density at radius 1 is 1.19 bits per heavy atom. The summed E-state index contributed by atoms with van der Waals surface area (Å²) in [5, 5.41) is 3.77. The van der Waals surface area contributed by atoms with Crippen LogP contribution in [0.5, 0.6) is 0 Å². The van der Waals surface area contributed by atoms with E-state index in [1.165, 1.54) is 57.9 Å². The van der Waals surface area contributed by atoms with Crippen molar-refractivity contribution >= 4 is 0 Å². The average molecular weight is 291 g/mol. The summed E-state index contributed by atoms with van der Waals surface area (Å²) in [7, 11) is 0. The predicted molar refractivity (Wildman–Crippen MR) is 88.4 cm³/mol. The van der Waals surface area contributed by atoms with Gasteiger partial charge in [0, 0.05) is 25.2 Å². The largest absolute Gasteiger partial charge is 0.381 e. The molecule has 21 heavy (non-hydrogen) atoms. The van der Waals surface area contributed by atoms with Crippen molar-refractivity contribution in [3.8, 4) is 0 Å². The quantitative estimate of drug-likeness (QED) is 0.762. The zero-order valence-electron chi connectivity index (χ0n) is 14.0. The Balaban J connectivity index is 1.66. The van der Waals surface area contributed by atoms with E-state index < -0.39 is 0 Å². The number of ether oxygens (including phenoxy) is 1. The third-order valence-corrected chi connectivity index (χ3v) is 5.97. The van der Waals surface area contributed by atoms with E-state index in [0.29, 0.717) is 10.8 Å². The summed E-state index contributed by atoms with van der Waals surface area (Å²) in [6, 6.07) is 0. The number of nitrogens with one attached hydrogen (secondary N) is 1. The molecule has 3 rings (SSSR count). The van der Waals surface area contributed by atoms with Gasteiger partial charge in [0.05, 0.1) is 0 Å². The van der Waals surface area contributed by atoms with Crippen LogP contribution in [0.15, 0.2) is 11.6 Å². The van der Waals surface area contributed by atoms with Crippen molar-refractivity contribution in [2.45, 2.75) is 65.2 Å². The Hall–Kier alpha value is -0.340. The SMILES string of the molecule is CC(C)CNCC1(C2=CCCCC2)CC2(CCOCC2)C1. The van der Waals surface area contributed by atoms with Crippen molar-refractivity contribution in [1.82, 2.24) is 5.32 Å². The van der Waals surface area contributed by atoms with Crippen LogP contribution in [0.4, 0.5) is 0 Å². The smallest absolute Gasteiger partial charge is 0.0471 e. The second-order valence-electron chi connectivity index (χ2n) is 8.25. The van der Waals surface area contributed by atoms with Crippen molar-refractivity contribution in [3.63, 3.8) is 0 Å². The minimum Gasteiger partial charge on any atom is -0.381 e. The second kappa shape index (κ2) is 6.42. The lowest BCUT2D eigenvalue weighted by Crippen LogP contribution is -2.55. The van der Waals surface area contributed by atoms with Gasteiger partial charge in [-0.25, -0.2) is 0 Å². The van der Waals surface area contributed by atoms with Crippen LogP contribution in [0.2, 0.25) is 0 Å². The minimum absolute atomic E-state index is 0.493. The Labute approximate surface area is 130 Å². The van der Waals surface area contributed by atoms with Gasteiger partial charge in [-0.1, -0.05) is 25.5 Å². The van der Waals surface area contributed by atoms with Gasteiger partial charge in [0.1, 0.15) is 0 Å². The van der Waals surface area contributed by atoms with Crippen molar-refractivity contribution in [2.24, 2.45) is 16.7 Å². The topological polar surface area (TPSA) is 21.3 Å². The maximum atomic E-state index is 5.60. The molecule has 1 spiro atoms. The molecule has 0 amide bonds. The van der Waals surface area contributed by atoms with Crippen molar-refractivity contribution in [3.05, 3.63) is 11.6 Å². The molecule has 1 N–H and O–H groups in total. The molecular weight excluding hydrogens is 258 g/mol. The summed E-state index contributed by atoms with van der Waals surface area (Å²) in [5.74, 6) is 0.750. The van der Waals surface area contributed by atoms with E-state index in [2.05, 4.69) is 25.2 Å². The summed E-state index contributed by atoms with van der Waals surface area (Å²) in [5.41, 5.74) is 2.91. The Kier molecular flexibility index (Phi) is 4.75. The van der Waals surface area contributed by atoms with Gasteiger partial charge in [0.15, 0.2) is 0 Å². The van der Waals surface area contributed by atoms with E-state index in [9.17, 15) is 0 Å². The van der Waals surface area contributed by atoms with Crippen LogP contribution in [0, 0.1) is 16.7 Å². The van der Waals surface area contributed by atoms with Crippen molar-refractivity contribution in [1.29, 1.82) is 0 Å². The van der Waals surface area contributed by atoms with Gasteiger partial charge >= 0.3 is 0 Å². The van der Waals surface area contributed by atoms with Crippen LogP contribution in [-0.4, -0.2) is 26.3 Å². The maximum absolute atomic E-state index is 5.60. The molecule has 120 valence electrons. The minimum atomic E-state index is 0.493. The molecule has 0 bridgehead atoms. The van der Waals surface area contributed by atoms with Crippen LogP contribution in [-0.2, 0) is 4.74 Å². The van der Waals surface area contributed by atoms with Crippen LogP contribution in [0.25, 0.3) is 0 Å². The molecule has 0 atom stereocenters. The van der Waals surface area contributed by atoms with E-state index in [1.807, 2.05) is 0 Å². The van der Waals surface area contributed by atoms with E-state index in [-0.39, 0.29) is 0 Å². The number of hydrogen-bond acceptors (Lipinski definition) is 2. The predicted octanol–water partition coefficient (Wildman–Crippen LogP) is 4.31. The first-order valence-electron chi connectivity index (χ1n) is 9.12. The van der Waals surface area contributed by atoms with Gasteiger partial charge in [-0.05, 0) is 69.2 Å². The lowest BCUT2D eigenvalue weighted by atomic mass is 9.47. The fraction of sp³-hybridized carbons (Fsp3) is 0.895. The monoisotopic (exact) mass is 291 g/mol. The molecule has 0 unspecified atom stereocenters. The van der Waals surface area contributed by atoms with Gasteiger partial charge in [-0.2, -0.15) is 0 Å². The summed E-state index contributed by atoms with van der Waals surface area (Å²) < 4.78 is 5.60. The van der Waals surface area contributed by atoms with Crippen molar-refractivity contribution < 1.29 is 4.74 Å². The molecule has 3 aliphatic rings. The first-order chi connectivity index (χ1) is 10.1. The van der Waals surface area contributed by atoms with Crippen LogP contribution >= 0.6 is 0 Å². The third-order valence-electron chi connectivity index (χ3n) is 5.97. The van der Waals surface area contributed by atoms with Crippen LogP contribution in [0.3, 0.4) is 0 Å². The first-order valence-corrected chi connectivity index (χ1v) is 9.12. The molecule has 2 heteroatoms. The van der Waals surface area contributed by atoms with Crippen molar-refractivity contribution in [2.75, 3.05) is 26.3 Å². The van der Waals surface area contributed by atoms with E-state index in [4.69, 9.17) is 4.74 Å². The zero-order valence-corrected chi connectivity index (χ0v) is 14.0. The zero-order chi connectivity index (χ0) is 14.8. The van der Waals surface area contributed by atoms with Gasteiger partial charge < -0.3 is 10.1 Å².